The van der Waals surface area contributed by atoms with Crippen molar-refractivity contribution in [2.75, 3.05) is 0 Å². The Kier molecular flexibility index (Phi) is 5.04. The van der Waals surface area contributed by atoms with Gasteiger partial charge in [0.15, 0.2) is 5.78 Å². The molecule has 1 aromatic carbocycles. The van der Waals surface area contributed by atoms with Crippen LogP contribution in [0.25, 0.3) is 0 Å². The van der Waals surface area contributed by atoms with Gasteiger partial charge in [0, 0.05) is 22.6 Å². The van der Waals surface area contributed by atoms with Gasteiger partial charge in [-0.1, -0.05) is 30.3 Å². The van der Waals surface area contributed by atoms with E-state index >= 15 is 0 Å². The molecule has 1 radical (unpaired) electrons. The summed E-state index contributed by atoms with van der Waals surface area (Å²) in [5.41, 5.74) is 0.444. The van der Waals surface area contributed by atoms with E-state index < -0.39 is 12.4 Å². The zero-order chi connectivity index (χ0) is 8.97. The van der Waals surface area contributed by atoms with Crippen molar-refractivity contribution in [2.45, 2.75) is 6.42 Å². The van der Waals surface area contributed by atoms with Crippen LogP contribution in [0.5, 0.6) is 0 Å². The van der Waals surface area contributed by atoms with E-state index in [-0.39, 0.29) is 22.9 Å². The first-order chi connectivity index (χ1) is 5.70. The van der Waals surface area contributed by atoms with Gasteiger partial charge >= 0.3 is 5.97 Å². The van der Waals surface area contributed by atoms with Gasteiger partial charge in [0.2, 0.25) is 0 Å². The van der Waals surface area contributed by atoms with Gasteiger partial charge < -0.3 is 5.11 Å². The molecular formula is C9H8CuO3. The standard InChI is InChI=1S/C9H8O3.Cu/c10-8(6-9(11)12)7-4-2-1-3-5-7;/h1-5H,6H2,(H,11,12);. The van der Waals surface area contributed by atoms with Crippen LogP contribution in [0.3, 0.4) is 0 Å². The van der Waals surface area contributed by atoms with Gasteiger partial charge in [0.1, 0.15) is 6.42 Å². The molecule has 13 heavy (non-hydrogen) atoms. The predicted molar refractivity (Wildman–Crippen MR) is 43.0 cm³/mol. The average Bonchev–Trinajstić information content (AvgIpc) is 2.05. The monoisotopic (exact) mass is 227 g/mol. The minimum absolute atomic E-state index is 0. The molecule has 0 bridgehead atoms. The molecule has 1 aromatic rings. The van der Waals surface area contributed by atoms with Crippen molar-refractivity contribution in [1.82, 2.24) is 0 Å². The van der Waals surface area contributed by atoms with Gasteiger partial charge in [-0.05, 0) is 0 Å². The molecule has 0 spiro atoms. The third-order valence-corrected chi connectivity index (χ3v) is 1.41. The molecule has 0 atom stereocenters. The fraction of sp³-hybridized carbons (Fsp3) is 0.111. The van der Waals surface area contributed by atoms with Crippen molar-refractivity contribution < 1.29 is 31.8 Å². The molecule has 4 heteroatoms. The van der Waals surface area contributed by atoms with Crippen LogP contribution >= 0.6 is 0 Å². The van der Waals surface area contributed by atoms with E-state index in [2.05, 4.69) is 0 Å². The van der Waals surface area contributed by atoms with Crippen LogP contribution in [0.15, 0.2) is 30.3 Å². The predicted octanol–water partition coefficient (Wildman–Crippen LogP) is 1.34. The Bertz CT molecular complexity index is 295. The van der Waals surface area contributed by atoms with Gasteiger partial charge in [0.25, 0.3) is 0 Å². The molecule has 1 N–H and O–H groups in total. The van der Waals surface area contributed by atoms with E-state index in [0.717, 1.165) is 0 Å². The van der Waals surface area contributed by atoms with Gasteiger partial charge in [-0.25, -0.2) is 0 Å². The Hall–Kier alpha value is -1.12. The molecule has 0 aliphatic carbocycles. The summed E-state index contributed by atoms with van der Waals surface area (Å²) < 4.78 is 0. The van der Waals surface area contributed by atoms with Crippen LogP contribution in [-0.4, -0.2) is 16.9 Å². The molecule has 0 saturated carbocycles. The van der Waals surface area contributed by atoms with Gasteiger partial charge in [-0.15, -0.1) is 0 Å². The Balaban J connectivity index is 0.00000144. The quantitative estimate of drug-likeness (QED) is 0.482. The zero-order valence-electron chi connectivity index (χ0n) is 6.66. The largest absolute Gasteiger partial charge is 0.481 e. The number of carbonyl (C=O) groups excluding carboxylic acids is 1. The number of Topliss-reactive ketones (excluding diaryl/α,β-unsaturated/α-hetero) is 1. The van der Waals surface area contributed by atoms with E-state index in [1.807, 2.05) is 0 Å². The second-order valence-electron chi connectivity index (χ2n) is 2.36. The van der Waals surface area contributed by atoms with Gasteiger partial charge in [-0.3, -0.25) is 9.59 Å². The molecule has 1 rings (SSSR count). The Morgan fingerprint density at radius 1 is 1.15 bits per heavy atom. The molecule has 73 valence electrons. The van der Waals surface area contributed by atoms with Gasteiger partial charge in [0.05, 0.1) is 0 Å². The van der Waals surface area contributed by atoms with Crippen molar-refractivity contribution in [3.8, 4) is 0 Å². The first kappa shape index (κ1) is 11.9. The summed E-state index contributed by atoms with van der Waals surface area (Å²) in [6.45, 7) is 0. The second kappa shape index (κ2) is 5.51. The number of carbonyl (C=O) groups is 2. The molecule has 0 saturated heterocycles. The minimum atomic E-state index is -1.09. The molecule has 3 nitrogen and oxygen atoms in total. The van der Waals surface area contributed by atoms with Crippen LogP contribution in [0.2, 0.25) is 0 Å². The molecule has 0 heterocycles. The summed E-state index contributed by atoms with van der Waals surface area (Å²) in [5.74, 6) is -1.45. The number of carboxylic acids is 1. The number of rotatable bonds is 3. The second-order valence-corrected chi connectivity index (χ2v) is 2.36. The summed E-state index contributed by atoms with van der Waals surface area (Å²) in [4.78, 5) is 21.2. The summed E-state index contributed by atoms with van der Waals surface area (Å²) in [5, 5.41) is 8.32. The Morgan fingerprint density at radius 2 is 1.69 bits per heavy atom. The van der Waals surface area contributed by atoms with E-state index in [4.69, 9.17) is 5.11 Å². The SMILES string of the molecule is O=C(O)CC(=O)c1ccccc1.[Cu]. The first-order valence-corrected chi connectivity index (χ1v) is 3.50. The van der Waals surface area contributed by atoms with Crippen molar-refractivity contribution in [1.29, 1.82) is 0 Å². The number of aliphatic carboxylic acids is 1. The molecule has 0 unspecified atom stereocenters. The molecule has 0 aliphatic heterocycles. The summed E-state index contributed by atoms with van der Waals surface area (Å²) >= 11 is 0. The number of benzene rings is 1. The normalized spacial score (nSPS) is 8.62. The van der Waals surface area contributed by atoms with Crippen molar-refractivity contribution >= 4 is 11.8 Å². The van der Waals surface area contributed by atoms with Crippen LogP contribution in [0.4, 0.5) is 0 Å². The summed E-state index contributed by atoms with van der Waals surface area (Å²) in [6, 6.07) is 8.39. The van der Waals surface area contributed by atoms with Crippen LogP contribution in [0.1, 0.15) is 16.8 Å². The maximum Gasteiger partial charge on any atom is 0.311 e. The third-order valence-electron chi connectivity index (χ3n) is 1.41. The van der Waals surface area contributed by atoms with Crippen molar-refractivity contribution in [3.05, 3.63) is 35.9 Å². The zero-order valence-corrected chi connectivity index (χ0v) is 7.60. The Morgan fingerprint density at radius 3 is 2.15 bits per heavy atom. The topological polar surface area (TPSA) is 54.4 Å². The van der Waals surface area contributed by atoms with E-state index in [1.165, 1.54) is 0 Å². The number of hydrogen-bond donors (Lipinski definition) is 1. The molecule has 0 amide bonds. The van der Waals surface area contributed by atoms with Crippen molar-refractivity contribution in [2.24, 2.45) is 0 Å². The number of ketones is 1. The van der Waals surface area contributed by atoms with E-state index in [0.29, 0.717) is 5.56 Å². The number of hydrogen-bond acceptors (Lipinski definition) is 2. The fourth-order valence-corrected chi connectivity index (χ4v) is 0.863. The maximum absolute atomic E-state index is 11.1. The van der Waals surface area contributed by atoms with Gasteiger partial charge in [-0.2, -0.15) is 0 Å². The average molecular weight is 228 g/mol. The molecule has 0 fully saturated rings. The van der Waals surface area contributed by atoms with Crippen LogP contribution in [-0.2, 0) is 21.9 Å². The van der Waals surface area contributed by atoms with E-state index in [9.17, 15) is 9.59 Å². The molecule has 0 aromatic heterocycles. The Labute approximate surface area is 86.2 Å². The minimum Gasteiger partial charge on any atom is -0.481 e. The van der Waals surface area contributed by atoms with Crippen LogP contribution < -0.4 is 0 Å². The fourth-order valence-electron chi connectivity index (χ4n) is 0.863. The number of carboxylic acid groups (broad SMARTS) is 1. The summed E-state index contributed by atoms with van der Waals surface area (Å²) in [6.07, 6.45) is -0.440. The first-order valence-electron chi connectivity index (χ1n) is 3.50. The molecule has 0 aliphatic rings. The summed E-state index contributed by atoms with van der Waals surface area (Å²) in [7, 11) is 0. The van der Waals surface area contributed by atoms with E-state index in [1.54, 1.807) is 30.3 Å². The third kappa shape index (κ3) is 3.87. The molecular weight excluding hydrogens is 220 g/mol. The smallest absolute Gasteiger partial charge is 0.311 e. The van der Waals surface area contributed by atoms with Crippen LogP contribution in [0, 0.1) is 0 Å². The maximum atomic E-state index is 11.1. The van der Waals surface area contributed by atoms with Crippen molar-refractivity contribution in [3.63, 3.8) is 0 Å².